The normalized spacial score (nSPS) is 13.4. The number of nitrogens with zero attached hydrogens (tertiary/aromatic N) is 1. The quantitative estimate of drug-likeness (QED) is 0.341. The topological polar surface area (TPSA) is 141 Å². The van der Waals surface area contributed by atoms with Gasteiger partial charge >= 0.3 is 5.97 Å². The Bertz CT molecular complexity index is 1490. The number of carbonyl (C=O) groups excluding carboxylic acids is 3. The molecule has 0 bridgehead atoms. The minimum absolute atomic E-state index is 0.0234. The molecule has 1 aliphatic rings. The first-order chi connectivity index (χ1) is 19.2. The monoisotopic (exact) mass is 585 g/mol. The first-order valence-electron chi connectivity index (χ1n) is 12.6. The maximum absolute atomic E-state index is 12.7. The van der Waals surface area contributed by atoms with E-state index in [0.717, 1.165) is 37.4 Å². The summed E-state index contributed by atoms with van der Waals surface area (Å²) in [6, 6.07) is 13.3. The summed E-state index contributed by atoms with van der Waals surface area (Å²) in [5.41, 5.74) is 1.10. The van der Waals surface area contributed by atoms with Crippen LogP contribution in [0, 0.1) is 0 Å². The predicted molar refractivity (Wildman–Crippen MR) is 147 cm³/mol. The minimum Gasteiger partial charge on any atom is -0.496 e. The third kappa shape index (κ3) is 7.36. The van der Waals surface area contributed by atoms with Crippen molar-refractivity contribution in [1.29, 1.82) is 0 Å². The highest BCUT2D eigenvalue weighted by Gasteiger charge is 2.22. The zero-order valence-electron chi connectivity index (χ0n) is 21.7. The number of halogens is 1. The first-order valence-corrected chi connectivity index (χ1v) is 14.5. The summed E-state index contributed by atoms with van der Waals surface area (Å²) in [4.78, 5) is 41.1. The van der Waals surface area contributed by atoms with Crippen molar-refractivity contribution in [3.63, 3.8) is 0 Å². The van der Waals surface area contributed by atoms with Gasteiger partial charge in [0.25, 0.3) is 21.8 Å². The molecule has 0 spiro atoms. The highest BCUT2D eigenvalue weighted by atomic mass is 35.5. The van der Waals surface area contributed by atoms with E-state index < -0.39 is 21.9 Å². The van der Waals surface area contributed by atoms with E-state index >= 15 is 0 Å². The van der Waals surface area contributed by atoms with Crippen molar-refractivity contribution in [1.82, 2.24) is 15.0 Å². The predicted octanol–water partition coefficient (Wildman–Crippen LogP) is 3.93. The fraction of sp³-hybridized carbons (Fsp3) is 0.286. The average Bonchev–Trinajstić information content (AvgIpc) is 3.46. The maximum atomic E-state index is 12.7. The van der Waals surface area contributed by atoms with Gasteiger partial charge in [-0.05, 0) is 80.1 Å². The molecule has 1 aromatic heterocycles. The molecule has 3 aromatic rings. The van der Waals surface area contributed by atoms with Crippen molar-refractivity contribution in [2.24, 2.45) is 0 Å². The number of aromatic nitrogens is 1. The molecule has 1 heterocycles. The van der Waals surface area contributed by atoms with E-state index in [2.05, 4.69) is 10.3 Å². The van der Waals surface area contributed by atoms with E-state index in [0.29, 0.717) is 22.8 Å². The number of nitrogens with one attached hydrogen (secondary N) is 2. The van der Waals surface area contributed by atoms with Crippen LogP contribution in [-0.2, 0) is 21.2 Å². The summed E-state index contributed by atoms with van der Waals surface area (Å²) >= 11 is 5.98. The number of sulfonamides is 1. The van der Waals surface area contributed by atoms with E-state index in [1.807, 2.05) is 4.72 Å². The fourth-order valence-corrected chi connectivity index (χ4v) is 5.36. The Morgan fingerprint density at radius 3 is 2.38 bits per heavy atom. The van der Waals surface area contributed by atoms with Gasteiger partial charge in [0.05, 0.1) is 23.1 Å². The first kappa shape index (κ1) is 29.0. The van der Waals surface area contributed by atoms with E-state index in [1.54, 1.807) is 24.3 Å². The van der Waals surface area contributed by atoms with Crippen LogP contribution in [0.4, 0.5) is 0 Å². The van der Waals surface area contributed by atoms with Crippen molar-refractivity contribution >= 4 is 39.4 Å². The molecule has 1 fully saturated rings. The number of methoxy groups -OCH3 is 1. The molecule has 2 N–H and O–H groups in total. The number of pyridine rings is 1. The third-order valence-electron chi connectivity index (χ3n) is 6.38. The summed E-state index contributed by atoms with van der Waals surface area (Å²) in [5.74, 6) is -1.41. The fourth-order valence-electron chi connectivity index (χ4n) is 4.22. The lowest BCUT2D eigenvalue weighted by Crippen LogP contribution is -2.30. The standard InChI is InChI=1S/C28H28ClN3O7S/c1-38-25-13-9-20(29)16-23(25)27(34)30-15-14-18-6-10-22(11-7-18)40(36,37)32-26(33)19-8-12-24(31-17-19)28(35)39-21-4-2-3-5-21/h6-13,16-17,21H,2-5,14-15H2,1H3,(H,30,34)(H,32,33). The summed E-state index contributed by atoms with van der Waals surface area (Å²) < 4.78 is 38.1. The van der Waals surface area contributed by atoms with Crippen molar-refractivity contribution < 1.29 is 32.3 Å². The lowest BCUT2D eigenvalue weighted by molar-refractivity contribution is 0.0310. The van der Waals surface area contributed by atoms with Crippen LogP contribution >= 0.6 is 11.6 Å². The van der Waals surface area contributed by atoms with Gasteiger partial charge in [-0.25, -0.2) is 22.9 Å². The molecule has 0 unspecified atom stereocenters. The summed E-state index contributed by atoms with van der Waals surface area (Å²) in [6.45, 7) is 0.286. The molecule has 2 amide bonds. The number of ether oxygens (including phenoxy) is 2. The van der Waals surface area contributed by atoms with Gasteiger partial charge in [-0.2, -0.15) is 0 Å². The molecule has 0 radical (unpaired) electrons. The van der Waals surface area contributed by atoms with Gasteiger partial charge in [0, 0.05) is 17.8 Å². The minimum atomic E-state index is -4.16. The van der Waals surface area contributed by atoms with Gasteiger partial charge in [-0.1, -0.05) is 23.7 Å². The van der Waals surface area contributed by atoms with Crippen LogP contribution in [-0.4, -0.2) is 50.9 Å². The zero-order valence-corrected chi connectivity index (χ0v) is 23.3. The van der Waals surface area contributed by atoms with Gasteiger partial charge in [0.1, 0.15) is 17.5 Å². The number of rotatable bonds is 10. The Balaban J connectivity index is 1.30. The van der Waals surface area contributed by atoms with Gasteiger partial charge in [-0.15, -0.1) is 0 Å². The van der Waals surface area contributed by atoms with Crippen LogP contribution in [0.1, 0.15) is 62.5 Å². The third-order valence-corrected chi connectivity index (χ3v) is 7.96. The number of benzene rings is 2. The highest BCUT2D eigenvalue weighted by Crippen LogP contribution is 2.23. The maximum Gasteiger partial charge on any atom is 0.357 e. The largest absolute Gasteiger partial charge is 0.496 e. The number of hydrogen-bond acceptors (Lipinski definition) is 8. The van der Waals surface area contributed by atoms with Crippen molar-refractivity contribution in [2.45, 2.75) is 43.1 Å². The molecule has 1 aliphatic carbocycles. The molecule has 12 heteroatoms. The molecule has 1 saturated carbocycles. The van der Waals surface area contributed by atoms with Crippen LogP contribution in [0.3, 0.4) is 0 Å². The lowest BCUT2D eigenvalue weighted by Gasteiger charge is -2.11. The zero-order chi connectivity index (χ0) is 28.7. The van der Waals surface area contributed by atoms with Gasteiger partial charge < -0.3 is 14.8 Å². The molecule has 0 atom stereocenters. The molecular formula is C28H28ClN3O7S. The van der Waals surface area contributed by atoms with Crippen molar-refractivity contribution in [3.8, 4) is 5.75 Å². The van der Waals surface area contributed by atoms with Crippen LogP contribution in [0.25, 0.3) is 0 Å². The molecule has 0 saturated heterocycles. The van der Waals surface area contributed by atoms with Crippen LogP contribution < -0.4 is 14.8 Å². The van der Waals surface area contributed by atoms with Gasteiger partial charge in [0.2, 0.25) is 0 Å². The molecule has 0 aliphatic heterocycles. The Labute approximate surface area is 237 Å². The second-order valence-corrected chi connectivity index (χ2v) is 11.3. The van der Waals surface area contributed by atoms with Crippen LogP contribution in [0.2, 0.25) is 5.02 Å². The van der Waals surface area contributed by atoms with E-state index in [9.17, 15) is 22.8 Å². The molecule has 10 nitrogen and oxygen atoms in total. The lowest BCUT2D eigenvalue weighted by atomic mass is 10.1. The second-order valence-electron chi connectivity index (χ2n) is 9.17. The van der Waals surface area contributed by atoms with Crippen LogP contribution in [0.15, 0.2) is 65.7 Å². The van der Waals surface area contributed by atoms with E-state index in [4.69, 9.17) is 21.1 Å². The SMILES string of the molecule is COc1ccc(Cl)cc1C(=O)NCCc1ccc(S(=O)(=O)NC(=O)c2ccc(C(=O)OC3CCCC3)nc2)cc1. The second kappa shape index (κ2) is 12.9. The van der Waals surface area contributed by atoms with Crippen molar-refractivity contribution in [3.05, 3.63) is 88.2 Å². The number of carbonyl (C=O) groups is 3. The Hall–Kier alpha value is -3.96. The highest BCUT2D eigenvalue weighted by molar-refractivity contribution is 7.90. The van der Waals surface area contributed by atoms with E-state index in [1.165, 1.54) is 37.4 Å². The molecule has 40 heavy (non-hydrogen) atoms. The summed E-state index contributed by atoms with van der Waals surface area (Å²) in [5, 5.41) is 3.18. The van der Waals surface area contributed by atoms with Crippen LogP contribution in [0.5, 0.6) is 5.75 Å². The molecule has 2 aromatic carbocycles. The Morgan fingerprint density at radius 1 is 1.00 bits per heavy atom. The molecule has 4 rings (SSSR count). The van der Waals surface area contributed by atoms with Gasteiger partial charge in [-0.3, -0.25) is 9.59 Å². The smallest absolute Gasteiger partial charge is 0.357 e. The molecule has 210 valence electrons. The van der Waals surface area contributed by atoms with Crippen molar-refractivity contribution in [2.75, 3.05) is 13.7 Å². The van der Waals surface area contributed by atoms with E-state index in [-0.39, 0.29) is 34.7 Å². The average molecular weight is 586 g/mol. The van der Waals surface area contributed by atoms with Gasteiger partial charge in [0.15, 0.2) is 0 Å². The summed E-state index contributed by atoms with van der Waals surface area (Å²) in [6.07, 6.45) is 5.12. The molecular weight excluding hydrogens is 558 g/mol. The Kier molecular flexibility index (Phi) is 9.38. The number of esters is 1. The summed E-state index contributed by atoms with van der Waals surface area (Å²) in [7, 11) is -2.70. The Morgan fingerprint density at radius 2 is 1.73 bits per heavy atom. The number of hydrogen-bond donors (Lipinski definition) is 2. The number of amides is 2.